The number of fused-ring (bicyclic) bond motifs is 1. The second-order valence-corrected chi connectivity index (χ2v) is 8.54. The molecule has 2 aromatic heterocycles. The molecule has 1 saturated carbocycles. The molecule has 0 unspecified atom stereocenters. The van der Waals surface area contributed by atoms with Gasteiger partial charge in [-0.3, -0.25) is 14.4 Å². The average molecular weight is 418 g/mol. The summed E-state index contributed by atoms with van der Waals surface area (Å²) in [5.41, 5.74) is 6.86. The molecule has 0 radical (unpaired) electrons. The van der Waals surface area contributed by atoms with Gasteiger partial charge in [-0.15, -0.1) is 0 Å². The maximum absolute atomic E-state index is 12.5. The third-order valence-corrected chi connectivity index (χ3v) is 6.50. The van der Waals surface area contributed by atoms with Crippen molar-refractivity contribution in [1.82, 2.24) is 29.3 Å². The zero-order valence-corrected chi connectivity index (χ0v) is 18.1. The number of hydrogen-bond acceptors (Lipinski definition) is 7. The van der Waals surface area contributed by atoms with Crippen molar-refractivity contribution < 1.29 is 4.74 Å². The van der Waals surface area contributed by atoms with Crippen molar-refractivity contribution in [2.24, 2.45) is 0 Å². The number of anilines is 1. The summed E-state index contributed by atoms with van der Waals surface area (Å²) in [6, 6.07) is 1.02. The molecule has 0 atom stereocenters. The summed E-state index contributed by atoms with van der Waals surface area (Å²) in [6.45, 7) is 8.39. The molecule has 2 aliphatic rings. The number of nitrogens with one attached hydrogen (secondary N) is 1. The van der Waals surface area contributed by atoms with Gasteiger partial charge in [-0.25, -0.2) is 4.79 Å². The van der Waals surface area contributed by atoms with Crippen LogP contribution in [-0.4, -0.2) is 74.7 Å². The number of rotatable bonds is 8. The van der Waals surface area contributed by atoms with E-state index < -0.39 is 0 Å². The fraction of sp³-hybridized carbons (Fsp3) is 0.762. The second-order valence-electron chi connectivity index (χ2n) is 8.54. The molecule has 3 heterocycles. The fourth-order valence-corrected chi connectivity index (χ4v) is 4.65. The van der Waals surface area contributed by atoms with E-state index in [0.29, 0.717) is 24.3 Å². The number of piperazine rings is 1. The molecule has 30 heavy (non-hydrogen) atoms. The highest BCUT2D eigenvalue weighted by Gasteiger charge is 2.25. The van der Waals surface area contributed by atoms with Gasteiger partial charge in [0, 0.05) is 45.3 Å². The molecule has 0 bridgehead atoms. The molecule has 3 N–H and O–H groups in total. The maximum Gasteiger partial charge on any atom is 0.327 e. The molecule has 0 amide bonds. The molecule has 1 aliphatic heterocycles. The molecular formula is C21H35N7O2. The lowest BCUT2D eigenvalue weighted by molar-refractivity contribution is 0.0773. The lowest BCUT2D eigenvalue weighted by atomic mass is 9.94. The molecule has 4 rings (SSSR count). The summed E-state index contributed by atoms with van der Waals surface area (Å²) in [6.07, 6.45) is 8.82. The van der Waals surface area contributed by atoms with Crippen LogP contribution in [0.5, 0.6) is 6.01 Å². The second kappa shape index (κ2) is 9.78. The van der Waals surface area contributed by atoms with Crippen molar-refractivity contribution in [2.45, 2.75) is 64.5 Å². The topological polar surface area (TPSA) is 105 Å². The zero-order valence-electron chi connectivity index (χ0n) is 18.1. The Morgan fingerprint density at radius 2 is 1.87 bits per heavy atom. The van der Waals surface area contributed by atoms with Gasteiger partial charge >= 0.3 is 11.7 Å². The van der Waals surface area contributed by atoms with Crippen LogP contribution in [0.2, 0.25) is 0 Å². The molecule has 166 valence electrons. The fourth-order valence-electron chi connectivity index (χ4n) is 4.65. The van der Waals surface area contributed by atoms with Gasteiger partial charge in [0.15, 0.2) is 11.5 Å². The highest BCUT2D eigenvalue weighted by molar-refractivity contribution is 5.81. The number of hydrogen-bond donors (Lipinski definition) is 2. The molecule has 0 spiro atoms. The summed E-state index contributed by atoms with van der Waals surface area (Å²) in [5, 5.41) is 0. The molecule has 9 nitrogen and oxygen atoms in total. The Labute approximate surface area is 177 Å². The lowest BCUT2D eigenvalue weighted by Gasteiger charge is -2.40. The van der Waals surface area contributed by atoms with Crippen molar-refractivity contribution in [3.8, 4) is 6.01 Å². The van der Waals surface area contributed by atoms with Crippen molar-refractivity contribution in [3.05, 3.63) is 10.5 Å². The van der Waals surface area contributed by atoms with Gasteiger partial charge in [0.2, 0.25) is 0 Å². The van der Waals surface area contributed by atoms with Crippen LogP contribution in [0.25, 0.3) is 11.2 Å². The van der Waals surface area contributed by atoms with Crippen molar-refractivity contribution >= 4 is 17.0 Å². The minimum atomic E-state index is -0.197. The summed E-state index contributed by atoms with van der Waals surface area (Å²) in [4.78, 5) is 29.1. The van der Waals surface area contributed by atoms with Crippen LogP contribution >= 0.6 is 0 Å². The predicted molar refractivity (Wildman–Crippen MR) is 118 cm³/mol. The Hall–Kier alpha value is -2.13. The lowest BCUT2D eigenvalue weighted by Crippen LogP contribution is -2.51. The minimum absolute atomic E-state index is 0.197. The smallest absolute Gasteiger partial charge is 0.327 e. The highest BCUT2D eigenvalue weighted by atomic mass is 16.5. The number of nitrogens with two attached hydrogens (primary N) is 1. The van der Waals surface area contributed by atoms with Crippen molar-refractivity contribution in [3.63, 3.8) is 0 Å². The Balaban J connectivity index is 1.37. The molecule has 0 aromatic carbocycles. The van der Waals surface area contributed by atoms with Crippen LogP contribution < -0.4 is 16.2 Å². The average Bonchev–Trinajstić information content (AvgIpc) is 3.09. The monoisotopic (exact) mass is 417 g/mol. The number of aromatic nitrogens is 4. The minimum Gasteiger partial charge on any atom is -0.463 e. The van der Waals surface area contributed by atoms with Crippen LogP contribution in [0.15, 0.2) is 4.79 Å². The van der Waals surface area contributed by atoms with Gasteiger partial charge in [0.1, 0.15) is 5.52 Å². The van der Waals surface area contributed by atoms with E-state index in [0.717, 1.165) is 51.6 Å². The third kappa shape index (κ3) is 4.78. The van der Waals surface area contributed by atoms with Gasteiger partial charge in [0.25, 0.3) is 0 Å². The first kappa shape index (κ1) is 21.1. The highest BCUT2D eigenvalue weighted by Crippen LogP contribution is 2.23. The quantitative estimate of drug-likeness (QED) is 0.631. The van der Waals surface area contributed by atoms with E-state index in [1.54, 1.807) is 4.57 Å². The van der Waals surface area contributed by atoms with Crippen LogP contribution in [0.4, 0.5) is 5.82 Å². The van der Waals surface area contributed by atoms with E-state index in [1.165, 1.54) is 32.1 Å². The van der Waals surface area contributed by atoms with Crippen molar-refractivity contribution in [2.75, 3.05) is 45.1 Å². The summed E-state index contributed by atoms with van der Waals surface area (Å²) >= 11 is 0. The van der Waals surface area contributed by atoms with E-state index >= 15 is 0 Å². The molecule has 9 heteroatoms. The van der Waals surface area contributed by atoms with Crippen LogP contribution in [-0.2, 0) is 6.54 Å². The normalized spacial score (nSPS) is 19.5. The van der Waals surface area contributed by atoms with E-state index in [-0.39, 0.29) is 17.5 Å². The number of nitrogen functional groups attached to an aromatic ring is 1. The molecular weight excluding hydrogens is 382 g/mol. The zero-order chi connectivity index (χ0) is 20.9. The standard InChI is InChI=1S/C21H35N7O2/c1-2-3-15-30-20-24-18(22)17-19(25-20)28(21(29)23-17)14-11-26-9-12-27(13-10-26)16-7-5-4-6-8-16/h16H,2-15H2,1H3,(H,23,29)(H2,22,24,25). The van der Waals surface area contributed by atoms with Gasteiger partial charge in [-0.2, -0.15) is 9.97 Å². The van der Waals surface area contributed by atoms with Gasteiger partial charge < -0.3 is 15.5 Å². The Bertz CT molecular complexity index is 879. The number of unbranched alkanes of at least 4 members (excludes halogenated alkanes) is 1. The van der Waals surface area contributed by atoms with Crippen LogP contribution in [0, 0.1) is 0 Å². The number of nitrogens with zero attached hydrogens (tertiary/aromatic N) is 5. The summed E-state index contributed by atoms with van der Waals surface area (Å²) in [5.74, 6) is 0.253. The molecule has 2 fully saturated rings. The van der Waals surface area contributed by atoms with E-state index in [2.05, 4.69) is 31.7 Å². The first-order valence-corrected chi connectivity index (χ1v) is 11.5. The summed E-state index contributed by atoms with van der Waals surface area (Å²) < 4.78 is 7.28. The van der Waals surface area contributed by atoms with Crippen LogP contribution in [0.1, 0.15) is 51.9 Å². The number of imidazole rings is 1. The Morgan fingerprint density at radius 1 is 1.10 bits per heavy atom. The van der Waals surface area contributed by atoms with E-state index in [1.807, 2.05) is 0 Å². The predicted octanol–water partition coefficient (Wildman–Crippen LogP) is 1.83. The summed E-state index contributed by atoms with van der Waals surface area (Å²) in [7, 11) is 0. The Morgan fingerprint density at radius 3 is 2.60 bits per heavy atom. The Kier molecular flexibility index (Phi) is 6.89. The maximum atomic E-state index is 12.5. The largest absolute Gasteiger partial charge is 0.463 e. The van der Waals surface area contributed by atoms with Gasteiger partial charge in [-0.05, 0) is 19.3 Å². The number of aromatic amines is 1. The van der Waals surface area contributed by atoms with Gasteiger partial charge in [-0.1, -0.05) is 32.6 Å². The number of H-pyrrole nitrogens is 1. The molecule has 1 saturated heterocycles. The first-order valence-electron chi connectivity index (χ1n) is 11.5. The molecule has 2 aromatic rings. The first-order chi connectivity index (χ1) is 14.7. The number of ether oxygens (including phenoxy) is 1. The SMILES string of the molecule is CCCCOc1nc(N)c2[nH]c(=O)n(CCN3CCN(C4CCCCC4)CC3)c2n1. The van der Waals surface area contributed by atoms with Crippen LogP contribution in [0.3, 0.4) is 0 Å². The van der Waals surface area contributed by atoms with E-state index in [4.69, 9.17) is 10.5 Å². The third-order valence-electron chi connectivity index (χ3n) is 6.50. The van der Waals surface area contributed by atoms with Crippen molar-refractivity contribution in [1.29, 1.82) is 0 Å². The molecule has 1 aliphatic carbocycles. The van der Waals surface area contributed by atoms with Gasteiger partial charge in [0.05, 0.1) is 6.61 Å². The van der Waals surface area contributed by atoms with E-state index in [9.17, 15) is 4.79 Å².